The summed E-state index contributed by atoms with van der Waals surface area (Å²) in [6.45, 7) is 10.9. The highest BCUT2D eigenvalue weighted by Gasteiger charge is 2.21. The van der Waals surface area contributed by atoms with Gasteiger partial charge in [0.25, 0.3) is 0 Å². The maximum Gasteiger partial charge on any atom is 0.0746 e. The maximum absolute atomic E-state index is 10.2. The van der Waals surface area contributed by atoms with Gasteiger partial charge in [-0.15, -0.1) is 0 Å². The van der Waals surface area contributed by atoms with Gasteiger partial charge in [-0.05, 0) is 37.8 Å². The predicted molar refractivity (Wildman–Crippen MR) is 76.5 cm³/mol. The number of nitrogens with one attached hydrogen (secondary N) is 1. The molecule has 0 spiro atoms. The monoisotopic (exact) mass is 252 g/mol. The van der Waals surface area contributed by atoms with Crippen molar-refractivity contribution in [1.82, 2.24) is 9.88 Å². The summed E-state index contributed by atoms with van der Waals surface area (Å²) in [5, 5.41) is 13.6. The zero-order chi connectivity index (χ0) is 13.6. The molecule has 0 fully saturated rings. The van der Waals surface area contributed by atoms with Crippen molar-refractivity contribution in [2.24, 2.45) is 5.92 Å². The van der Waals surface area contributed by atoms with E-state index in [0.717, 1.165) is 25.9 Å². The molecule has 0 radical (unpaired) electrons. The van der Waals surface area contributed by atoms with Gasteiger partial charge in [0, 0.05) is 31.5 Å². The van der Waals surface area contributed by atoms with Gasteiger partial charge in [0.15, 0.2) is 0 Å². The SMILES string of the molecule is CCCn1cccc1CNCC(C)(O)CC(C)C. The Kier molecular flexibility index (Phi) is 5.89. The Bertz CT molecular complexity index is 342. The molecule has 1 heterocycles. The van der Waals surface area contributed by atoms with Crippen LogP contribution in [0.3, 0.4) is 0 Å². The lowest BCUT2D eigenvalue weighted by atomic mass is 9.94. The number of aryl methyl sites for hydroxylation is 1. The lowest BCUT2D eigenvalue weighted by Crippen LogP contribution is -2.38. The predicted octanol–water partition coefficient (Wildman–Crippen LogP) is 2.78. The van der Waals surface area contributed by atoms with E-state index in [4.69, 9.17) is 0 Å². The van der Waals surface area contributed by atoms with E-state index in [2.05, 4.69) is 49.0 Å². The number of aromatic nitrogens is 1. The minimum absolute atomic E-state index is 0.519. The highest BCUT2D eigenvalue weighted by Crippen LogP contribution is 2.15. The molecule has 104 valence electrons. The molecule has 1 unspecified atom stereocenters. The van der Waals surface area contributed by atoms with Gasteiger partial charge in [-0.25, -0.2) is 0 Å². The molecule has 3 heteroatoms. The lowest BCUT2D eigenvalue weighted by molar-refractivity contribution is 0.0382. The quantitative estimate of drug-likeness (QED) is 0.746. The molecule has 1 atom stereocenters. The Morgan fingerprint density at radius 2 is 2.17 bits per heavy atom. The molecule has 18 heavy (non-hydrogen) atoms. The summed E-state index contributed by atoms with van der Waals surface area (Å²) in [6.07, 6.45) is 4.09. The van der Waals surface area contributed by atoms with Gasteiger partial charge in [-0.3, -0.25) is 0 Å². The van der Waals surface area contributed by atoms with Gasteiger partial charge >= 0.3 is 0 Å². The first-order valence-corrected chi connectivity index (χ1v) is 7.01. The van der Waals surface area contributed by atoms with Crippen LogP contribution in [0.4, 0.5) is 0 Å². The fourth-order valence-electron chi connectivity index (χ4n) is 2.48. The van der Waals surface area contributed by atoms with Crippen molar-refractivity contribution in [3.05, 3.63) is 24.0 Å². The van der Waals surface area contributed by atoms with Crippen LogP contribution in [0.15, 0.2) is 18.3 Å². The highest BCUT2D eigenvalue weighted by atomic mass is 16.3. The molecule has 0 aliphatic rings. The zero-order valence-electron chi connectivity index (χ0n) is 12.2. The van der Waals surface area contributed by atoms with E-state index in [1.807, 2.05) is 6.92 Å². The maximum atomic E-state index is 10.2. The normalized spacial score (nSPS) is 15.0. The van der Waals surface area contributed by atoms with Crippen LogP contribution in [0.25, 0.3) is 0 Å². The van der Waals surface area contributed by atoms with Crippen molar-refractivity contribution in [1.29, 1.82) is 0 Å². The van der Waals surface area contributed by atoms with E-state index >= 15 is 0 Å². The second-order valence-corrected chi connectivity index (χ2v) is 5.89. The van der Waals surface area contributed by atoms with Gasteiger partial charge in [0.05, 0.1) is 5.60 Å². The fraction of sp³-hybridized carbons (Fsp3) is 0.733. The van der Waals surface area contributed by atoms with Crippen molar-refractivity contribution in [2.45, 2.75) is 59.2 Å². The Morgan fingerprint density at radius 1 is 1.44 bits per heavy atom. The van der Waals surface area contributed by atoms with Crippen LogP contribution in [-0.4, -0.2) is 21.8 Å². The minimum atomic E-state index is -0.615. The average Bonchev–Trinajstić information content (AvgIpc) is 2.64. The number of aliphatic hydroxyl groups is 1. The summed E-state index contributed by atoms with van der Waals surface area (Å²) in [5.41, 5.74) is 0.674. The van der Waals surface area contributed by atoms with Crippen molar-refractivity contribution in [3.8, 4) is 0 Å². The van der Waals surface area contributed by atoms with Crippen molar-refractivity contribution >= 4 is 0 Å². The molecule has 0 amide bonds. The Labute approximate surface area is 111 Å². The van der Waals surface area contributed by atoms with Crippen LogP contribution in [-0.2, 0) is 13.1 Å². The van der Waals surface area contributed by atoms with Crippen molar-refractivity contribution in [3.63, 3.8) is 0 Å². The Morgan fingerprint density at radius 3 is 2.78 bits per heavy atom. The smallest absolute Gasteiger partial charge is 0.0746 e. The minimum Gasteiger partial charge on any atom is -0.389 e. The molecular weight excluding hydrogens is 224 g/mol. The summed E-state index contributed by atoms with van der Waals surface area (Å²) in [4.78, 5) is 0. The largest absolute Gasteiger partial charge is 0.389 e. The van der Waals surface area contributed by atoms with Gasteiger partial charge in [0.2, 0.25) is 0 Å². The topological polar surface area (TPSA) is 37.2 Å². The Balaban J connectivity index is 2.39. The molecule has 0 saturated heterocycles. The first-order chi connectivity index (χ1) is 8.44. The average molecular weight is 252 g/mol. The van der Waals surface area contributed by atoms with E-state index in [9.17, 15) is 5.11 Å². The molecule has 1 aromatic rings. The van der Waals surface area contributed by atoms with Crippen LogP contribution in [0.5, 0.6) is 0 Å². The molecule has 1 rings (SSSR count). The Hall–Kier alpha value is -0.800. The molecule has 0 aromatic carbocycles. The van der Waals surface area contributed by atoms with Gasteiger partial charge < -0.3 is 15.0 Å². The van der Waals surface area contributed by atoms with E-state index in [0.29, 0.717) is 12.5 Å². The van der Waals surface area contributed by atoms with Gasteiger partial charge in [-0.2, -0.15) is 0 Å². The van der Waals surface area contributed by atoms with Crippen LogP contribution in [0.1, 0.15) is 46.2 Å². The first kappa shape index (κ1) is 15.3. The van der Waals surface area contributed by atoms with Crippen LogP contribution in [0.2, 0.25) is 0 Å². The standard InChI is InChI=1S/C15H28N2O/c1-5-8-17-9-6-7-14(17)11-16-12-15(4,18)10-13(2)3/h6-7,9,13,16,18H,5,8,10-12H2,1-4H3. The van der Waals surface area contributed by atoms with Crippen LogP contribution >= 0.6 is 0 Å². The first-order valence-electron chi connectivity index (χ1n) is 7.01. The molecule has 0 aliphatic carbocycles. The molecule has 0 saturated carbocycles. The molecule has 3 nitrogen and oxygen atoms in total. The zero-order valence-corrected chi connectivity index (χ0v) is 12.2. The van der Waals surface area contributed by atoms with E-state index in [1.165, 1.54) is 5.69 Å². The fourth-order valence-corrected chi connectivity index (χ4v) is 2.48. The van der Waals surface area contributed by atoms with Crippen LogP contribution in [0, 0.1) is 5.92 Å². The molecule has 1 aromatic heterocycles. The molecule has 0 bridgehead atoms. The van der Waals surface area contributed by atoms with Crippen LogP contribution < -0.4 is 5.32 Å². The van der Waals surface area contributed by atoms with Gasteiger partial charge in [0.1, 0.15) is 0 Å². The van der Waals surface area contributed by atoms with Crippen molar-refractivity contribution in [2.75, 3.05) is 6.54 Å². The van der Waals surface area contributed by atoms with E-state index in [-0.39, 0.29) is 0 Å². The van der Waals surface area contributed by atoms with E-state index in [1.54, 1.807) is 0 Å². The third-order valence-electron chi connectivity index (χ3n) is 3.05. The number of nitrogens with zero attached hydrogens (tertiary/aromatic N) is 1. The molecular formula is C15H28N2O. The lowest BCUT2D eigenvalue weighted by Gasteiger charge is -2.25. The van der Waals surface area contributed by atoms with E-state index < -0.39 is 5.60 Å². The summed E-state index contributed by atoms with van der Waals surface area (Å²) in [6, 6.07) is 4.22. The third kappa shape index (κ3) is 5.23. The summed E-state index contributed by atoms with van der Waals surface area (Å²) in [5.74, 6) is 0.519. The summed E-state index contributed by atoms with van der Waals surface area (Å²) >= 11 is 0. The number of hydrogen-bond acceptors (Lipinski definition) is 2. The molecule has 2 N–H and O–H groups in total. The van der Waals surface area contributed by atoms with Crippen molar-refractivity contribution < 1.29 is 5.11 Å². The third-order valence-corrected chi connectivity index (χ3v) is 3.05. The highest BCUT2D eigenvalue weighted by molar-refractivity contribution is 5.07. The van der Waals surface area contributed by atoms with Gasteiger partial charge in [-0.1, -0.05) is 20.8 Å². The molecule has 0 aliphatic heterocycles. The number of rotatable bonds is 8. The second-order valence-electron chi connectivity index (χ2n) is 5.89. The second kappa shape index (κ2) is 6.95. The summed E-state index contributed by atoms with van der Waals surface area (Å²) < 4.78 is 2.27. The number of hydrogen-bond donors (Lipinski definition) is 2. The summed E-state index contributed by atoms with van der Waals surface area (Å²) in [7, 11) is 0.